The molecule has 0 aromatic carbocycles. The average Bonchev–Trinajstić information content (AvgIpc) is 2.48. The van der Waals surface area contributed by atoms with Crippen molar-refractivity contribution in [3.8, 4) is 0 Å². The quantitative estimate of drug-likeness (QED) is 0.247. The Morgan fingerprint density at radius 1 is 0.400 bits per heavy atom. The Hall–Kier alpha value is -0.240. The van der Waals surface area contributed by atoms with Crippen molar-refractivity contribution in [3.63, 3.8) is 0 Å². The van der Waals surface area contributed by atoms with Gasteiger partial charge in [-0.15, -0.1) is 0 Å². The van der Waals surface area contributed by atoms with Crippen LogP contribution < -0.4 is 22.9 Å². The Labute approximate surface area is 124 Å². The summed E-state index contributed by atoms with van der Waals surface area (Å²) in [4.78, 5) is 5.16. The standard InChI is InChI=1S/C14H36N6/c15-5-1-9-19(10-2-6-16)13-14-20(11-3-7-17)12-4-8-18/h1-18H2/p+4. The van der Waals surface area contributed by atoms with Crippen LogP contribution in [0.25, 0.3) is 0 Å². The van der Waals surface area contributed by atoms with E-state index in [1.807, 2.05) is 0 Å². The van der Waals surface area contributed by atoms with Gasteiger partial charge in [0.2, 0.25) is 0 Å². The van der Waals surface area contributed by atoms with Gasteiger partial charge < -0.3 is 32.7 Å². The number of hydrogen-bond acceptors (Lipinski definition) is 2. The molecule has 0 aliphatic heterocycles. The molecule has 0 rings (SSSR count). The molecule has 0 aliphatic carbocycles. The predicted molar refractivity (Wildman–Crippen MR) is 82.4 cm³/mol. The second-order valence-corrected chi connectivity index (χ2v) is 5.51. The minimum Gasteiger partial charge on any atom is -0.358 e. The summed E-state index contributed by atoms with van der Waals surface area (Å²) in [6, 6.07) is 0. The minimum atomic E-state index is 1.04. The van der Waals surface area contributed by atoms with Crippen molar-refractivity contribution in [2.45, 2.75) is 25.7 Å². The molecule has 122 valence electrons. The largest absolute Gasteiger partial charge is 0.358 e. The van der Waals surface area contributed by atoms with Crippen molar-refractivity contribution >= 4 is 0 Å². The van der Waals surface area contributed by atoms with Gasteiger partial charge in [0, 0.05) is 65.0 Å². The van der Waals surface area contributed by atoms with Gasteiger partial charge in [-0.25, -0.2) is 0 Å². The van der Waals surface area contributed by atoms with E-state index in [0.717, 1.165) is 26.2 Å². The zero-order valence-corrected chi connectivity index (χ0v) is 13.6. The van der Waals surface area contributed by atoms with Crippen molar-refractivity contribution in [1.82, 2.24) is 9.80 Å². The van der Waals surface area contributed by atoms with E-state index in [4.69, 9.17) is 0 Å². The van der Waals surface area contributed by atoms with Gasteiger partial charge in [0.15, 0.2) is 0 Å². The third-order valence-corrected chi connectivity index (χ3v) is 3.63. The van der Waals surface area contributed by atoms with Crippen LogP contribution in [0.1, 0.15) is 25.7 Å². The Morgan fingerprint density at radius 3 is 0.850 bits per heavy atom. The third-order valence-electron chi connectivity index (χ3n) is 3.63. The monoisotopic (exact) mass is 292 g/mol. The molecule has 12 N–H and O–H groups in total. The van der Waals surface area contributed by atoms with Gasteiger partial charge in [0.25, 0.3) is 0 Å². The van der Waals surface area contributed by atoms with E-state index in [1.165, 1.54) is 65.0 Å². The summed E-state index contributed by atoms with van der Waals surface area (Å²) in [6.45, 7) is 11.2. The van der Waals surface area contributed by atoms with Crippen LogP contribution in [0.3, 0.4) is 0 Å². The zero-order chi connectivity index (χ0) is 15.1. The van der Waals surface area contributed by atoms with E-state index in [1.54, 1.807) is 0 Å². The topological polar surface area (TPSA) is 117 Å². The fraction of sp³-hybridized carbons (Fsp3) is 1.00. The lowest BCUT2D eigenvalue weighted by Gasteiger charge is -2.27. The Morgan fingerprint density at radius 2 is 0.650 bits per heavy atom. The molecule has 6 heteroatoms. The number of nitrogens with zero attached hydrogens (tertiary/aromatic N) is 2. The van der Waals surface area contributed by atoms with Crippen LogP contribution in [0, 0.1) is 0 Å². The maximum absolute atomic E-state index is 3.95. The molecule has 0 atom stereocenters. The van der Waals surface area contributed by atoms with Crippen LogP contribution in [-0.4, -0.2) is 75.2 Å². The molecule has 0 aromatic heterocycles. The molecule has 0 amide bonds. The van der Waals surface area contributed by atoms with Crippen molar-refractivity contribution in [3.05, 3.63) is 0 Å². The summed E-state index contributed by atoms with van der Waals surface area (Å²) < 4.78 is 0. The first-order chi connectivity index (χ1) is 9.78. The molecule has 0 bridgehead atoms. The van der Waals surface area contributed by atoms with Gasteiger partial charge in [-0.1, -0.05) is 0 Å². The highest BCUT2D eigenvalue weighted by atomic mass is 15.2. The lowest BCUT2D eigenvalue weighted by molar-refractivity contribution is -0.371. The summed E-state index contributed by atoms with van der Waals surface area (Å²) >= 11 is 0. The van der Waals surface area contributed by atoms with E-state index >= 15 is 0 Å². The van der Waals surface area contributed by atoms with E-state index in [9.17, 15) is 0 Å². The smallest absolute Gasteiger partial charge is 0.0752 e. The van der Waals surface area contributed by atoms with Gasteiger partial charge in [-0.2, -0.15) is 0 Å². The number of rotatable bonds is 15. The lowest BCUT2D eigenvalue weighted by Crippen LogP contribution is -2.53. The molecule has 0 aliphatic rings. The summed E-state index contributed by atoms with van der Waals surface area (Å²) in [5, 5.41) is 0. The fourth-order valence-electron chi connectivity index (χ4n) is 2.30. The Balaban J connectivity index is 4.05. The van der Waals surface area contributed by atoms with Crippen molar-refractivity contribution in [2.24, 2.45) is 0 Å². The molecule has 0 aromatic rings. The first kappa shape index (κ1) is 19.8. The van der Waals surface area contributed by atoms with E-state index < -0.39 is 0 Å². The van der Waals surface area contributed by atoms with E-state index in [0.29, 0.717) is 0 Å². The first-order valence-electron chi connectivity index (χ1n) is 8.40. The van der Waals surface area contributed by atoms with Gasteiger partial charge in [-0.3, -0.25) is 0 Å². The molecule has 0 fully saturated rings. The second kappa shape index (κ2) is 15.2. The van der Waals surface area contributed by atoms with Gasteiger partial charge in [0.1, 0.15) is 0 Å². The van der Waals surface area contributed by atoms with Crippen LogP contribution >= 0.6 is 0 Å². The molecule has 0 heterocycles. The van der Waals surface area contributed by atoms with Crippen LogP contribution in [-0.2, 0) is 0 Å². The summed E-state index contributed by atoms with van der Waals surface area (Å²) in [5.41, 5.74) is 15.8. The molecule has 0 radical (unpaired) electrons. The van der Waals surface area contributed by atoms with Crippen molar-refractivity contribution < 1.29 is 22.9 Å². The summed E-state index contributed by atoms with van der Waals surface area (Å²) in [7, 11) is 0. The molecule has 6 nitrogen and oxygen atoms in total. The molecular formula is C14H40N6+4. The van der Waals surface area contributed by atoms with Gasteiger partial charge >= 0.3 is 0 Å². The van der Waals surface area contributed by atoms with Crippen LogP contribution in [0.4, 0.5) is 0 Å². The highest BCUT2D eigenvalue weighted by Gasteiger charge is 2.09. The highest BCUT2D eigenvalue weighted by Crippen LogP contribution is 1.98. The zero-order valence-electron chi connectivity index (χ0n) is 13.6. The highest BCUT2D eigenvalue weighted by molar-refractivity contribution is 4.64. The molecule has 20 heavy (non-hydrogen) atoms. The summed E-state index contributed by atoms with van der Waals surface area (Å²) in [5.74, 6) is 0. The molecular weight excluding hydrogens is 252 g/mol. The molecule has 0 spiro atoms. The normalized spacial score (nSPS) is 11.7. The number of quaternary nitrogens is 4. The Kier molecular flexibility index (Phi) is 15.0. The van der Waals surface area contributed by atoms with Gasteiger partial charge in [0.05, 0.1) is 26.2 Å². The van der Waals surface area contributed by atoms with E-state index in [2.05, 4.69) is 32.7 Å². The number of hydrogen-bond donors (Lipinski definition) is 4. The second-order valence-electron chi connectivity index (χ2n) is 5.51. The SMILES string of the molecule is [NH3+]CCCN(CCC[NH3+])CCN(CCC[NH3+])CCC[NH3+]. The van der Waals surface area contributed by atoms with Crippen LogP contribution in [0.2, 0.25) is 0 Å². The van der Waals surface area contributed by atoms with Gasteiger partial charge in [-0.05, 0) is 0 Å². The molecule has 0 saturated heterocycles. The average molecular weight is 293 g/mol. The van der Waals surface area contributed by atoms with E-state index in [-0.39, 0.29) is 0 Å². The fourth-order valence-corrected chi connectivity index (χ4v) is 2.30. The molecule has 0 saturated carbocycles. The summed E-state index contributed by atoms with van der Waals surface area (Å²) in [6.07, 6.45) is 4.81. The van der Waals surface area contributed by atoms with Crippen molar-refractivity contribution in [2.75, 3.05) is 65.4 Å². The lowest BCUT2D eigenvalue weighted by atomic mass is 10.3. The van der Waals surface area contributed by atoms with Crippen LogP contribution in [0.5, 0.6) is 0 Å². The maximum atomic E-state index is 3.95. The third kappa shape index (κ3) is 11.6. The predicted octanol–water partition coefficient (Wildman–Crippen LogP) is -3.88. The maximum Gasteiger partial charge on any atom is 0.0752 e. The van der Waals surface area contributed by atoms with Crippen molar-refractivity contribution in [1.29, 1.82) is 0 Å². The minimum absolute atomic E-state index is 1.04. The Bertz CT molecular complexity index is 155. The first-order valence-corrected chi connectivity index (χ1v) is 8.40. The van der Waals surface area contributed by atoms with Crippen LogP contribution in [0.15, 0.2) is 0 Å². The molecule has 0 unspecified atom stereocenters.